The molecule has 0 amide bonds. The predicted octanol–water partition coefficient (Wildman–Crippen LogP) is 8.79. The van der Waals surface area contributed by atoms with E-state index in [1.807, 2.05) is 0 Å². The fourth-order valence-corrected chi connectivity index (χ4v) is 4.66. The second kappa shape index (κ2) is 20.3. The van der Waals surface area contributed by atoms with Crippen molar-refractivity contribution in [2.75, 3.05) is 0 Å². The first kappa shape index (κ1) is 30.7. The molecule has 0 bridgehead atoms. The number of carboxylic acids is 2. The average Bonchev–Trinajstić information content (AvgIpc) is 2.76. The molecule has 0 aliphatic heterocycles. The molecule has 32 heavy (non-hydrogen) atoms. The lowest BCUT2D eigenvalue weighted by molar-refractivity contribution is -0.136. The third kappa shape index (κ3) is 14.7. The van der Waals surface area contributed by atoms with Gasteiger partial charge >= 0.3 is 11.9 Å². The number of aliphatic carboxylic acids is 2. The molecule has 0 heterocycles. The molecule has 188 valence electrons. The van der Waals surface area contributed by atoms with Crippen molar-refractivity contribution >= 4 is 11.9 Å². The Morgan fingerprint density at radius 1 is 0.500 bits per heavy atom. The lowest BCUT2D eigenvalue weighted by atomic mass is 9.83. The first-order chi connectivity index (χ1) is 15.4. The summed E-state index contributed by atoms with van der Waals surface area (Å²) in [6, 6.07) is 0. The molecule has 0 rings (SSSR count). The minimum Gasteiger partial charge on any atom is -0.478 e. The maximum absolute atomic E-state index is 12.2. The van der Waals surface area contributed by atoms with Gasteiger partial charge in [-0.15, -0.1) is 0 Å². The smallest absolute Gasteiger partial charge is 0.332 e. The van der Waals surface area contributed by atoms with Crippen LogP contribution in [0.25, 0.3) is 0 Å². The Morgan fingerprint density at radius 2 is 0.812 bits per heavy atom. The second-order valence-electron chi connectivity index (χ2n) is 9.69. The van der Waals surface area contributed by atoms with E-state index >= 15 is 0 Å². The van der Waals surface area contributed by atoms with Gasteiger partial charge in [0.1, 0.15) is 0 Å². The highest BCUT2D eigenvalue weighted by Crippen LogP contribution is 2.31. The maximum atomic E-state index is 12.2. The van der Waals surface area contributed by atoms with Crippen LogP contribution < -0.4 is 0 Å². The van der Waals surface area contributed by atoms with E-state index in [1.54, 1.807) is 0 Å². The van der Waals surface area contributed by atoms with Crippen LogP contribution in [0.15, 0.2) is 11.1 Å². The standard InChI is InChI=1S/C28H52O4/c1-5-9-13-15-19-23(17-11-7-3)21-25(27(29)30)26(28(31)32)22-24(18-12-8-4)20-16-14-10-6-2/h23-24H,5-22H2,1-4H3,(H,29,30)(H,31,32)/b26-25-. The summed E-state index contributed by atoms with van der Waals surface area (Å²) in [7, 11) is 0. The number of carbonyl (C=O) groups is 2. The summed E-state index contributed by atoms with van der Waals surface area (Å²) in [5.41, 5.74) is 0.341. The Kier molecular flexibility index (Phi) is 19.5. The largest absolute Gasteiger partial charge is 0.478 e. The lowest BCUT2D eigenvalue weighted by Gasteiger charge is -2.21. The molecule has 0 fully saturated rings. The van der Waals surface area contributed by atoms with Crippen molar-refractivity contribution in [2.45, 2.75) is 143 Å². The third-order valence-corrected chi connectivity index (χ3v) is 6.73. The van der Waals surface area contributed by atoms with Gasteiger partial charge in [-0.1, -0.05) is 130 Å². The van der Waals surface area contributed by atoms with Crippen molar-refractivity contribution in [3.05, 3.63) is 11.1 Å². The first-order valence-electron chi connectivity index (χ1n) is 13.6. The molecule has 2 unspecified atom stereocenters. The van der Waals surface area contributed by atoms with Gasteiger partial charge in [0.15, 0.2) is 0 Å². The van der Waals surface area contributed by atoms with Crippen LogP contribution in [0.4, 0.5) is 0 Å². The number of rotatable bonds is 22. The van der Waals surface area contributed by atoms with Crippen LogP contribution >= 0.6 is 0 Å². The monoisotopic (exact) mass is 452 g/mol. The van der Waals surface area contributed by atoms with Gasteiger partial charge in [-0.05, 0) is 24.7 Å². The van der Waals surface area contributed by atoms with Crippen LogP contribution in [0.5, 0.6) is 0 Å². The maximum Gasteiger partial charge on any atom is 0.332 e. The predicted molar refractivity (Wildman–Crippen MR) is 135 cm³/mol. The van der Waals surface area contributed by atoms with E-state index < -0.39 is 11.9 Å². The SMILES string of the molecule is CCCCCCC(CCCC)C/C(C(=O)O)=C(\CC(CCCC)CCCCCC)C(=O)O. The molecule has 0 spiro atoms. The van der Waals surface area contributed by atoms with Gasteiger partial charge in [0, 0.05) is 11.1 Å². The van der Waals surface area contributed by atoms with Gasteiger partial charge in [0.2, 0.25) is 0 Å². The van der Waals surface area contributed by atoms with E-state index in [1.165, 1.54) is 38.5 Å². The van der Waals surface area contributed by atoms with E-state index in [0.717, 1.165) is 64.2 Å². The lowest BCUT2D eigenvalue weighted by Crippen LogP contribution is -2.18. The molecule has 2 atom stereocenters. The van der Waals surface area contributed by atoms with Gasteiger partial charge < -0.3 is 10.2 Å². The van der Waals surface area contributed by atoms with E-state index in [0.29, 0.717) is 12.8 Å². The number of hydrogen-bond donors (Lipinski definition) is 2. The van der Waals surface area contributed by atoms with Gasteiger partial charge in [0.25, 0.3) is 0 Å². The Hall–Kier alpha value is -1.32. The van der Waals surface area contributed by atoms with Gasteiger partial charge in [0.05, 0.1) is 0 Å². The van der Waals surface area contributed by atoms with E-state index in [-0.39, 0.29) is 23.0 Å². The molecule has 0 saturated heterocycles. The fraction of sp³-hybridized carbons (Fsp3) is 0.857. The zero-order valence-corrected chi connectivity index (χ0v) is 21.6. The van der Waals surface area contributed by atoms with Crippen molar-refractivity contribution < 1.29 is 19.8 Å². The van der Waals surface area contributed by atoms with Gasteiger partial charge in [-0.2, -0.15) is 0 Å². The molecule has 4 heteroatoms. The van der Waals surface area contributed by atoms with Crippen LogP contribution in [0, 0.1) is 11.8 Å². The highest BCUT2D eigenvalue weighted by atomic mass is 16.4. The zero-order chi connectivity index (χ0) is 24.2. The molecule has 0 aromatic heterocycles. The highest BCUT2D eigenvalue weighted by molar-refractivity contribution is 5.98. The molecule has 0 aromatic rings. The summed E-state index contributed by atoms with van der Waals surface area (Å²) in [5, 5.41) is 20.0. The van der Waals surface area contributed by atoms with Crippen molar-refractivity contribution in [3.63, 3.8) is 0 Å². The topological polar surface area (TPSA) is 74.6 Å². The second-order valence-corrected chi connectivity index (χ2v) is 9.69. The molecule has 2 N–H and O–H groups in total. The average molecular weight is 453 g/mol. The van der Waals surface area contributed by atoms with E-state index in [9.17, 15) is 19.8 Å². The molecule has 0 radical (unpaired) electrons. The summed E-state index contributed by atoms with van der Waals surface area (Å²) in [6.45, 7) is 8.69. The van der Waals surface area contributed by atoms with Crippen LogP contribution in [0.3, 0.4) is 0 Å². The molecule has 0 saturated carbocycles. The molecule has 0 aromatic carbocycles. The Balaban J connectivity index is 5.54. The Labute approximate surface area is 198 Å². The number of hydrogen-bond acceptors (Lipinski definition) is 2. The molecular formula is C28H52O4. The first-order valence-corrected chi connectivity index (χ1v) is 13.6. The minimum atomic E-state index is -1.03. The van der Waals surface area contributed by atoms with Crippen LogP contribution in [0.1, 0.15) is 143 Å². The molecular weight excluding hydrogens is 400 g/mol. The Bertz CT molecular complexity index is 478. The quantitative estimate of drug-likeness (QED) is 0.127. The van der Waals surface area contributed by atoms with Gasteiger partial charge in [-0.3, -0.25) is 0 Å². The van der Waals surface area contributed by atoms with E-state index in [2.05, 4.69) is 27.7 Å². The summed E-state index contributed by atoms with van der Waals surface area (Å²) < 4.78 is 0. The summed E-state index contributed by atoms with van der Waals surface area (Å²) in [6.07, 6.45) is 18.4. The van der Waals surface area contributed by atoms with Crippen LogP contribution in [-0.4, -0.2) is 22.2 Å². The highest BCUT2D eigenvalue weighted by Gasteiger charge is 2.25. The fourth-order valence-electron chi connectivity index (χ4n) is 4.66. The van der Waals surface area contributed by atoms with Gasteiger partial charge in [-0.25, -0.2) is 9.59 Å². The van der Waals surface area contributed by atoms with Crippen molar-refractivity contribution in [1.29, 1.82) is 0 Å². The third-order valence-electron chi connectivity index (χ3n) is 6.73. The summed E-state index contributed by atoms with van der Waals surface area (Å²) in [4.78, 5) is 24.4. The van der Waals surface area contributed by atoms with Crippen LogP contribution in [0.2, 0.25) is 0 Å². The van der Waals surface area contributed by atoms with Crippen molar-refractivity contribution in [3.8, 4) is 0 Å². The van der Waals surface area contributed by atoms with Crippen LogP contribution in [-0.2, 0) is 9.59 Å². The molecule has 0 aliphatic rings. The molecule has 4 nitrogen and oxygen atoms in total. The normalized spacial score (nSPS) is 14.1. The summed E-state index contributed by atoms with van der Waals surface area (Å²) >= 11 is 0. The van der Waals surface area contributed by atoms with Crippen molar-refractivity contribution in [1.82, 2.24) is 0 Å². The minimum absolute atomic E-state index is 0.171. The number of carboxylic acid groups (broad SMARTS) is 2. The zero-order valence-electron chi connectivity index (χ0n) is 21.6. The summed E-state index contributed by atoms with van der Waals surface area (Å²) in [5.74, 6) is -1.52. The molecule has 0 aliphatic carbocycles. The Morgan fingerprint density at radius 3 is 1.09 bits per heavy atom. The van der Waals surface area contributed by atoms with Crippen molar-refractivity contribution in [2.24, 2.45) is 11.8 Å². The number of unbranched alkanes of at least 4 members (excludes halogenated alkanes) is 8. The van der Waals surface area contributed by atoms with E-state index in [4.69, 9.17) is 0 Å².